The summed E-state index contributed by atoms with van der Waals surface area (Å²) in [5.41, 5.74) is 8.96. The molecular formula is C10H12N2O2. The van der Waals surface area contributed by atoms with E-state index in [2.05, 4.69) is 0 Å². The van der Waals surface area contributed by atoms with Gasteiger partial charge in [-0.1, -0.05) is 6.07 Å². The van der Waals surface area contributed by atoms with Crippen molar-refractivity contribution >= 4 is 5.69 Å². The third-order valence-electron chi connectivity index (χ3n) is 2.84. The molecular weight excluding hydrogens is 180 g/mol. The van der Waals surface area contributed by atoms with Gasteiger partial charge in [-0.05, 0) is 30.9 Å². The second-order valence-electron chi connectivity index (χ2n) is 3.70. The van der Waals surface area contributed by atoms with Crippen molar-refractivity contribution in [3.63, 3.8) is 0 Å². The predicted molar refractivity (Wildman–Crippen MR) is 53.1 cm³/mol. The molecule has 0 saturated carbocycles. The molecule has 74 valence electrons. The van der Waals surface area contributed by atoms with Crippen LogP contribution in [0.1, 0.15) is 29.2 Å². The number of hydrogen-bond donors (Lipinski definition) is 1. The smallest absolute Gasteiger partial charge is 0.274 e. The minimum Gasteiger partial charge on any atom is -0.324 e. The molecule has 0 fully saturated rings. The minimum atomic E-state index is -0.344. The summed E-state index contributed by atoms with van der Waals surface area (Å²) in [5, 5.41) is 10.8. The lowest BCUT2D eigenvalue weighted by Gasteiger charge is -2.07. The number of hydrogen-bond acceptors (Lipinski definition) is 3. The Morgan fingerprint density at radius 1 is 1.57 bits per heavy atom. The Kier molecular flexibility index (Phi) is 2.00. The number of nitro benzene ring substituents is 1. The maximum Gasteiger partial charge on any atom is 0.274 e. The second-order valence-corrected chi connectivity index (χ2v) is 3.70. The number of rotatable bonds is 1. The Bertz CT molecular complexity index is 401. The van der Waals surface area contributed by atoms with E-state index in [0.29, 0.717) is 0 Å². The van der Waals surface area contributed by atoms with Crippen molar-refractivity contribution in [1.82, 2.24) is 0 Å². The Hall–Kier alpha value is -1.42. The van der Waals surface area contributed by atoms with Gasteiger partial charge in [0.05, 0.1) is 4.92 Å². The Balaban J connectivity index is 2.66. The van der Waals surface area contributed by atoms with Gasteiger partial charge in [0.1, 0.15) is 0 Å². The average Bonchev–Trinajstić information content (AvgIpc) is 2.50. The zero-order valence-corrected chi connectivity index (χ0v) is 7.99. The van der Waals surface area contributed by atoms with Crippen molar-refractivity contribution in [2.45, 2.75) is 25.8 Å². The first-order valence-corrected chi connectivity index (χ1v) is 4.63. The minimum absolute atomic E-state index is 0.162. The van der Waals surface area contributed by atoms with Gasteiger partial charge in [0, 0.05) is 17.7 Å². The lowest BCUT2D eigenvalue weighted by Crippen LogP contribution is -2.08. The Morgan fingerprint density at radius 2 is 2.29 bits per heavy atom. The maximum absolute atomic E-state index is 10.8. The van der Waals surface area contributed by atoms with E-state index in [1.54, 1.807) is 12.1 Å². The molecule has 1 aromatic rings. The zero-order chi connectivity index (χ0) is 10.3. The molecule has 4 nitrogen and oxygen atoms in total. The molecule has 0 aromatic heterocycles. The highest BCUT2D eigenvalue weighted by Gasteiger charge is 2.28. The SMILES string of the molecule is Cc1ccc([N+](=O)[O-])c2c1CC[C@H]2N. The fourth-order valence-electron chi connectivity index (χ4n) is 2.11. The van der Waals surface area contributed by atoms with Gasteiger partial charge in [0.15, 0.2) is 0 Å². The van der Waals surface area contributed by atoms with Gasteiger partial charge in [-0.15, -0.1) is 0 Å². The monoisotopic (exact) mass is 192 g/mol. The molecule has 0 aliphatic heterocycles. The third-order valence-corrected chi connectivity index (χ3v) is 2.84. The third kappa shape index (κ3) is 1.19. The zero-order valence-electron chi connectivity index (χ0n) is 7.99. The quantitative estimate of drug-likeness (QED) is 0.545. The molecule has 0 amide bonds. The number of benzene rings is 1. The number of fused-ring (bicyclic) bond motifs is 1. The molecule has 0 spiro atoms. The van der Waals surface area contributed by atoms with Gasteiger partial charge >= 0.3 is 0 Å². The lowest BCUT2D eigenvalue weighted by molar-refractivity contribution is -0.385. The molecule has 0 saturated heterocycles. The molecule has 14 heavy (non-hydrogen) atoms. The van der Waals surface area contributed by atoms with Crippen LogP contribution in [0.5, 0.6) is 0 Å². The van der Waals surface area contributed by atoms with Crippen molar-refractivity contribution in [3.05, 3.63) is 38.9 Å². The molecule has 1 aliphatic carbocycles. The van der Waals surface area contributed by atoms with Gasteiger partial charge in [-0.3, -0.25) is 10.1 Å². The van der Waals surface area contributed by atoms with Crippen molar-refractivity contribution in [1.29, 1.82) is 0 Å². The van der Waals surface area contributed by atoms with Crippen LogP contribution in [0.2, 0.25) is 0 Å². The van der Waals surface area contributed by atoms with E-state index in [-0.39, 0.29) is 16.7 Å². The summed E-state index contributed by atoms with van der Waals surface area (Å²) in [6.45, 7) is 1.97. The van der Waals surface area contributed by atoms with Crippen LogP contribution < -0.4 is 5.73 Å². The van der Waals surface area contributed by atoms with Crippen molar-refractivity contribution in [2.75, 3.05) is 0 Å². The first-order chi connectivity index (χ1) is 6.61. The fraction of sp³-hybridized carbons (Fsp3) is 0.400. The summed E-state index contributed by atoms with van der Waals surface area (Å²) < 4.78 is 0. The van der Waals surface area contributed by atoms with Crippen LogP contribution in [-0.4, -0.2) is 4.92 Å². The first-order valence-electron chi connectivity index (χ1n) is 4.63. The van der Waals surface area contributed by atoms with Crippen LogP contribution >= 0.6 is 0 Å². The van der Waals surface area contributed by atoms with E-state index >= 15 is 0 Å². The van der Waals surface area contributed by atoms with E-state index in [1.807, 2.05) is 6.92 Å². The molecule has 1 aliphatic rings. The first kappa shape index (κ1) is 9.15. The van der Waals surface area contributed by atoms with Crippen molar-refractivity contribution in [3.8, 4) is 0 Å². The van der Waals surface area contributed by atoms with Gasteiger partial charge < -0.3 is 5.73 Å². The van der Waals surface area contributed by atoms with Gasteiger partial charge in [-0.2, -0.15) is 0 Å². The summed E-state index contributed by atoms with van der Waals surface area (Å²) in [6, 6.07) is 3.19. The van der Waals surface area contributed by atoms with Crippen LogP contribution in [0.15, 0.2) is 12.1 Å². The van der Waals surface area contributed by atoms with Crippen LogP contribution in [0.25, 0.3) is 0 Å². The Morgan fingerprint density at radius 3 is 2.93 bits per heavy atom. The highest BCUT2D eigenvalue weighted by atomic mass is 16.6. The van der Waals surface area contributed by atoms with Crippen molar-refractivity contribution < 1.29 is 4.92 Å². The summed E-state index contributed by atoms with van der Waals surface area (Å²) >= 11 is 0. The van der Waals surface area contributed by atoms with Crippen LogP contribution in [-0.2, 0) is 6.42 Å². The number of nitro groups is 1. The highest BCUT2D eigenvalue weighted by Crippen LogP contribution is 2.37. The normalized spacial score (nSPS) is 19.4. The number of aryl methyl sites for hydroxylation is 1. The molecule has 0 heterocycles. The van der Waals surface area contributed by atoms with Crippen LogP contribution in [0, 0.1) is 17.0 Å². The molecule has 0 unspecified atom stereocenters. The molecule has 1 atom stereocenters. The summed E-state index contributed by atoms with van der Waals surface area (Å²) in [5.74, 6) is 0. The molecule has 2 N–H and O–H groups in total. The highest BCUT2D eigenvalue weighted by molar-refractivity contribution is 5.53. The summed E-state index contributed by atoms with van der Waals surface area (Å²) in [7, 11) is 0. The Labute approximate surface area is 81.9 Å². The number of nitrogens with two attached hydrogens (primary N) is 1. The van der Waals surface area contributed by atoms with Crippen LogP contribution in [0.4, 0.5) is 5.69 Å². The van der Waals surface area contributed by atoms with E-state index in [0.717, 1.165) is 29.5 Å². The standard InChI is InChI=1S/C10H12N2O2/c1-6-2-5-9(12(13)14)10-7(6)3-4-8(10)11/h2,5,8H,3-4,11H2,1H3/t8-/m1/s1. The maximum atomic E-state index is 10.8. The topological polar surface area (TPSA) is 69.2 Å². The van der Waals surface area contributed by atoms with Gasteiger partial charge in [-0.25, -0.2) is 0 Å². The molecule has 0 bridgehead atoms. The van der Waals surface area contributed by atoms with Crippen LogP contribution in [0.3, 0.4) is 0 Å². The van der Waals surface area contributed by atoms with E-state index in [4.69, 9.17) is 5.73 Å². The molecule has 4 heteroatoms. The van der Waals surface area contributed by atoms with E-state index < -0.39 is 0 Å². The fourth-order valence-corrected chi connectivity index (χ4v) is 2.11. The van der Waals surface area contributed by atoms with E-state index in [1.165, 1.54) is 0 Å². The molecule has 2 rings (SSSR count). The largest absolute Gasteiger partial charge is 0.324 e. The average molecular weight is 192 g/mol. The summed E-state index contributed by atoms with van der Waals surface area (Å²) in [4.78, 5) is 10.4. The number of nitrogens with zero attached hydrogens (tertiary/aromatic N) is 1. The van der Waals surface area contributed by atoms with Crippen molar-refractivity contribution in [2.24, 2.45) is 5.73 Å². The lowest BCUT2D eigenvalue weighted by atomic mass is 10.0. The van der Waals surface area contributed by atoms with Gasteiger partial charge in [0.25, 0.3) is 5.69 Å². The molecule has 0 radical (unpaired) electrons. The summed E-state index contributed by atoms with van der Waals surface area (Å²) in [6.07, 6.45) is 1.69. The molecule has 1 aromatic carbocycles. The van der Waals surface area contributed by atoms with E-state index in [9.17, 15) is 10.1 Å². The second kappa shape index (κ2) is 3.06. The predicted octanol–water partition coefficient (Wildman–Crippen LogP) is 1.85. The van der Waals surface area contributed by atoms with Gasteiger partial charge in [0.2, 0.25) is 0 Å².